The van der Waals surface area contributed by atoms with Crippen LogP contribution in [-0.2, 0) is 24.1 Å². The van der Waals surface area contributed by atoms with Crippen molar-refractivity contribution in [2.75, 3.05) is 13.1 Å². The van der Waals surface area contributed by atoms with Crippen molar-refractivity contribution in [1.29, 1.82) is 0 Å². The van der Waals surface area contributed by atoms with Crippen LogP contribution in [0.2, 0.25) is 5.02 Å². The Morgan fingerprint density at radius 1 is 1.15 bits per heavy atom. The van der Waals surface area contributed by atoms with Crippen molar-refractivity contribution < 1.29 is 14.7 Å². The highest BCUT2D eigenvalue weighted by Crippen LogP contribution is 2.45. The number of aromatic nitrogens is 2. The van der Waals surface area contributed by atoms with E-state index in [1.54, 1.807) is 24.5 Å². The molecule has 1 fully saturated rings. The number of hydrogen-bond acceptors (Lipinski definition) is 3. The highest BCUT2D eigenvalue weighted by atomic mass is 79.9. The highest BCUT2D eigenvalue weighted by Gasteiger charge is 2.36. The van der Waals surface area contributed by atoms with Crippen LogP contribution in [0, 0.1) is 5.92 Å². The van der Waals surface area contributed by atoms with Gasteiger partial charge in [-0.05, 0) is 81.9 Å². The van der Waals surface area contributed by atoms with Gasteiger partial charge in [-0.1, -0.05) is 23.7 Å². The van der Waals surface area contributed by atoms with Crippen molar-refractivity contribution in [1.82, 2.24) is 9.88 Å². The lowest BCUT2D eigenvalue weighted by atomic mass is 9.76. The molecule has 1 atom stereocenters. The van der Waals surface area contributed by atoms with Crippen LogP contribution >= 0.6 is 27.5 Å². The minimum atomic E-state index is 0.130. The highest BCUT2D eigenvalue weighted by molar-refractivity contribution is 9.10. The Morgan fingerprint density at radius 2 is 1.88 bits per heavy atom. The molecule has 1 amide bonds. The van der Waals surface area contributed by atoms with Crippen LogP contribution in [0.15, 0.2) is 59.5 Å². The number of rotatable bonds is 3. The van der Waals surface area contributed by atoms with Crippen LogP contribution in [0.3, 0.4) is 0 Å². The summed E-state index contributed by atoms with van der Waals surface area (Å²) in [4.78, 5) is 19.7. The Bertz CT molecular complexity index is 1180. The van der Waals surface area contributed by atoms with Gasteiger partial charge in [-0.25, -0.2) is 0 Å². The fourth-order valence-corrected chi connectivity index (χ4v) is 6.01. The second-order valence-corrected chi connectivity index (χ2v) is 10.3. The van der Waals surface area contributed by atoms with Gasteiger partial charge in [0.05, 0.1) is 12.1 Å². The van der Waals surface area contributed by atoms with E-state index in [0.29, 0.717) is 12.3 Å². The van der Waals surface area contributed by atoms with Gasteiger partial charge in [-0.2, -0.15) is 0 Å². The second kappa shape index (κ2) is 9.43. The van der Waals surface area contributed by atoms with Crippen LogP contribution < -0.4 is 4.73 Å². The van der Waals surface area contributed by atoms with E-state index in [1.165, 1.54) is 16.7 Å². The third-order valence-electron chi connectivity index (χ3n) is 6.98. The van der Waals surface area contributed by atoms with Crippen LogP contribution in [0.1, 0.15) is 46.7 Å². The van der Waals surface area contributed by atoms with E-state index >= 15 is 0 Å². The van der Waals surface area contributed by atoms with Crippen molar-refractivity contribution >= 4 is 33.4 Å². The van der Waals surface area contributed by atoms with Crippen LogP contribution in [-0.4, -0.2) is 34.1 Å². The molecule has 2 aromatic heterocycles. The summed E-state index contributed by atoms with van der Waals surface area (Å²) in [6, 6.07) is 12.0. The standard InChI is InChI=1S/C26H26BrClN3O2/c27-21-15-20-5-4-18-2-1-3-22(28)24(18)25(26(20)29-16-21)19-8-10-30(11-9-19)23(32)14-17-6-12-31(33)13-7-17/h1-3,6-7,12-13,15-16,19,25,33H,4-5,8-11,14H2/q+1. The minimum absolute atomic E-state index is 0.130. The Kier molecular flexibility index (Phi) is 6.39. The summed E-state index contributed by atoms with van der Waals surface area (Å²) in [6.07, 6.45) is 9.08. The van der Waals surface area contributed by atoms with Crippen molar-refractivity contribution in [3.63, 3.8) is 0 Å². The fraction of sp³-hybridized carbons (Fsp3) is 0.346. The van der Waals surface area contributed by atoms with Crippen molar-refractivity contribution in [2.45, 2.75) is 38.0 Å². The van der Waals surface area contributed by atoms with E-state index in [-0.39, 0.29) is 11.8 Å². The predicted molar refractivity (Wildman–Crippen MR) is 129 cm³/mol. The van der Waals surface area contributed by atoms with E-state index in [4.69, 9.17) is 16.6 Å². The SMILES string of the molecule is O=C(Cc1cc[n+](O)cc1)N1CCC(C2c3ncc(Br)cc3CCc3cccc(Cl)c32)CC1. The first kappa shape index (κ1) is 22.4. The number of benzene rings is 1. The monoisotopic (exact) mass is 526 g/mol. The number of likely N-dealkylation sites (tertiary alicyclic amines) is 1. The molecule has 1 aliphatic heterocycles. The topological polar surface area (TPSA) is 57.3 Å². The zero-order valence-corrected chi connectivity index (χ0v) is 20.6. The van der Waals surface area contributed by atoms with Gasteiger partial charge in [0.2, 0.25) is 18.3 Å². The van der Waals surface area contributed by atoms with Gasteiger partial charge >= 0.3 is 0 Å². The van der Waals surface area contributed by atoms with E-state index in [0.717, 1.165) is 64.3 Å². The molecule has 0 bridgehead atoms. The van der Waals surface area contributed by atoms with E-state index in [1.807, 2.05) is 23.2 Å². The number of pyridine rings is 2. The molecule has 1 saturated heterocycles. The van der Waals surface area contributed by atoms with Crippen LogP contribution in [0.4, 0.5) is 0 Å². The Hall–Kier alpha value is -2.44. The molecule has 5 nitrogen and oxygen atoms in total. The maximum absolute atomic E-state index is 12.9. The third kappa shape index (κ3) is 4.64. The Morgan fingerprint density at radius 3 is 2.64 bits per heavy atom. The van der Waals surface area contributed by atoms with Crippen LogP contribution in [0.25, 0.3) is 0 Å². The molecule has 1 N–H and O–H groups in total. The molecule has 7 heteroatoms. The number of piperidine rings is 1. The molecule has 0 spiro atoms. The number of carbonyl (C=O) groups excluding carboxylic acids is 1. The zero-order chi connectivity index (χ0) is 22.9. The summed E-state index contributed by atoms with van der Waals surface area (Å²) in [7, 11) is 0. The summed E-state index contributed by atoms with van der Waals surface area (Å²) in [6.45, 7) is 1.47. The minimum Gasteiger partial charge on any atom is -0.342 e. The lowest BCUT2D eigenvalue weighted by Gasteiger charge is -2.37. The van der Waals surface area contributed by atoms with Crippen molar-refractivity contribution in [3.8, 4) is 0 Å². The first-order valence-corrected chi connectivity index (χ1v) is 12.6. The molecule has 1 aliphatic carbocycles. The van der Waals surface area contributed by atoms with Gasteiger partial charge < -0.3 is 4.90 Å². The fourth-order valence-electron chi connectivity index (χ4n) is 5.32. The molecule has 1 aromatic carbocycles. The first-order chi connectivity index (χ1) is 16.0. The van der Waals surface area contributed by atoms with Gasteiger partial charge in [-0.15, -0.1) is 0 Å². The van der Waals surface area contributed by atoms with E-state index < -0.39 is 0 Å². The molecule has 170 valence electrons. The summed E-state index contributed by atoms with van der Waals surface area (Å²) in [5.41, 5.74) is 5.85. The second-order valence-electron chi connectivity index (χ2n) is 8.97. The molecule has 3 aromatic rings. The van der Waals surface area contributed by atoms with Crippen molar-refractivity contribution in [3.05, 3.63) is 92.4 Å². The van der Waals surface area contributed by atoms with E-state index in [2.05, 4.69) is 28.1 Å². The van der Waals surface area contributed by atoms with Gasteiger partial charge in [0.15, 0.2) is 0 Å². The molecule has 0 saturated carbocycles. The smallest absolute Gasteiger partial charge is 0.226 e. The average molecular weight is 528 g/mol. The van der Waals surface area contributed by atoms with Crippen LogP contribution in [0.5, 0.6) is 0 Å². The molecular weight excluding hydrogens is 502 g/mol. The molecule has 5 rings (SSSR count). The quantitative estimate of drug-likeness (QED) is 0.396. The number of hydrogen-bond donors (Lipinski definition) is 1. The van der Waals surface area contributed by atoms with Gasteiger partial charge in [0.1, 0.15) is 0 Å². The Labute approximate surface area is 207 Å². The third-order valence-corrected chi connectivity index (χ3v) is 7.75. The number of aryl methyl sites for hydroxylation is 2. The van der Waals surface area contributed by atoms with Gasteiger partial charge in [0.25, 0.3) is 0 Å². The number of nitrogens with zero attached hydrogens (tertiary/aromatic N) is 3. The van der Waals surface area contributed by atoms with Gasteiger partial charge in [-0.3, -0.25) is 15.0 Å². The lowest BCUT2D eigenvalue weighted by molar-refractivity contribution is -0.904. The number of fused-ring (bicyclic) bond motifs is 2. The largest absolute Gasteiger partial charge is 0.342 e. The van der Waals surface area contributed by atoms with Crippen molar-refractivity contribution in [2.24, 2.45) is 5.92 Å². The summed E-state index contributed by atoms with van der Waals surface area (Å²) in [5.74, 6) is 0.653. The summed E-state index contributed by atoms with van der Waals surface area (Å²) in [5, 5.41) is 10.2. The zero-order valence-electron chi connectivity index (χ0n) is 18.3. The lowest BCUT2D eigenvalue weighted by Crippen LogP contribution is -2.41. The molecular formula is C26H26BrClN3O2+. The molecule has 0 radical (unpaired) electrons. The maximum Gasteiger partial charge on any atom is 0.226 e. The van der Waals surface area contributed by atoms with Gasteiger partial charge in [0, 0.05) is 51.6 Å². The number of carbonyl (C=O) groups is 1. The maximum atomic E-state index is 12.9. The summed E-state index contributed by atoms with van der Waals surface area (Å²) >= 11 is 10.4. The molecule has 33 heavy (non-hydrogen) atoms. The average Bonchev–Trinajstić information content (AvgIpc) is 2.98. The molecule has 3 heterocycles. The van der Waals surface area contributed by atoms with E-state index in [9.17, 15) is 10.0 Å². The number of amides is 1. The summed E-state index contributed by atoms with van der Waals surface area (Å²) < 4.78 is 1.99. The molecule has 1 unspecified atom stereocenters. The first-order valence-electron chi connectivity index (χ1n) is 11.4. The molecule has 2 aliphatic rings. The number of halogens is 2. The normalized spacial score (nSPS) is 18.4. The predicted octanol–water partition coefficient (Wildman–Crippen LogP) is 4.73. The Balaban J connectivity index is 1.38.